The van der Waals surface area contributed by atoms with Crippen LogP contribution in [-0.2, 0) is 15.7 Å². The summed E-state index contributed by atoms with van der Waals surface area (Å²) in [6.07, 6.45) is -5.23. The van der Waals surface area contributed by atoms with Crippen molar-refractivity contribution in [3.8, 4) is 0 Å². The molecule has 0 aromatic heterocycles. The maximum atomic E-state index is 13.1. The van der Waals surface area contributed by atoms with Gasteiger partial charge in [-0.05, 0) is 39.3 Å². The number of likely N-dealkylation sites (tertiary alicyclic amines) is 1. The smallest absolute Gasteiger partial charge is 0.417 e. The average Bonchev–Trinajstić information content (AvgIpc) is 2.89. The molecule has 0 radical (unpaired) electrons. The standard InChI is InChI=1S/C17H20F3NO4S/c1-16(2,3)25-15(24)21-9-10(8-12(21)14(22)23)26-13-7-5-4-6-11(13)17(18,19)20/h4-7,10,12H,8-9H2,1-3H3,(H,22,23)/t10-,12+/m1/s1. The summed E-state index contributed by atoms with van der Waals surface area (Å²) in [6, 6.07) is 4.00. The van der Waals surface area contributed by atoms with E-state index >= 15 is 0 Å². The topological polar surface area (TPSA) is 66.8 Å². The van der Waals surface area contributed by atoms with Gasteiger partial charge in [0.05, 0.1) is 5.56 Å². The van der Waals surface area contributed by atoms with Gasteiger partial charge in [-0.15, -0.1) is 11.8 Å². The van der Waals surface area contributed by atoms with Gasteiger partial charge in [0, 0.05) is 16.7 Å². The van der Waals surface area contributed by atoms with Crippen molar-refractivity contribution in [2.75, 3.05) is 6.54 Å². The molecule has 1 fully saturated rings. The minimum absolute atomic E-state index is 0.00272. The first-order valence-electron chi connectivity index (χ1n) is 7.94. The number of nitrogens with zero attached hydrogens (tertiary/aromatic N) is 1. The zero-order valence-electron chi connectivity index (χ0n) is 14.5. The molecule has 1 aromatic carbocycles. The summed E-state index contributed by atoms with van der Waals surface area (Å²) < 4.78 is 44.6. The third-order valence-electron chi connectivity index (χ3n) is 3.66. The molecule has 0 saturated carbocycles. The van der Waals surface area contributed by atoms with Gasteiger partial charge in [0.15, 0.2) is 0 Å². The van der Waals surface area contributed by atoms with Crippen LogP contribution in [0.3, 0.4) is 0 Å². The van der Waals surface area contributed by atoms with Crippen molar-refractivity contribution >= 4 is 23.8 Å². The number of amides is 1. The van der Waals surface area contributed by atoms with E-state index in [4.69, 9.17) is 4.74 Å². The zero-order valence-corrected chi connectivity index (χ0v) is 15.4. The molecule has 1 aliphatic rings. The lowest BCUT2D eigenvalue weighted by molar-refractivity contribution is -0.142. The average molecular weight is 391 g/mol. The molecule has 0 spiro atoms. The van der Waals surface area contributed by atoms with E-state index in [0.29, 0.717) is 0 Å². The Balaban J connectivity index is 2.18. The number of aliphatic carboxylic acids is 1. The van der Waals surface area contributed by atoms with Gasteiger partial charge in [0.1, 0.15) is 11.6 Å². The van der Waals surface area contributed by atoms with Gasteiger partial charge in [0.25, 0.3) is 0 Å². The molecule has 1 saturated heterocycles. The van der Waals surface area contributed by atoms with E-state index in [1.807, 2.05) is 0 Å². The number of benzene rings is 1. The summed E-state index contributed by atoms with van der Waals surface area (Å²) in [5, 5.41) is 8.88. The van der Waals surface area contributed by atoms with Crippen LogP contribution < -0.4 is 0 Å². The zero-order chi connectivity index (χ0) is 19.7. The highest BCUT2D eigenvalue weighted by molar-refractivity contribution is 8.00. The molecular weight excluding hydrogens is 371 g/mol. The van der Waals surface area contributed by atoms with Crippen molar-refractivity contribution in [3.05, 3.63) is 29.8 Å². The lowest BCUT2D eigenvalue weighted by Crippen LogP contribution is -2.43. The number of alkyl halides is 3. The number of carboxylic acids is 1. The van der Waals surface area contributed by atoms with Gasteiger partial charge in [-0.25, -0.2) is 9.59 Å². The lowest BCUT2D eigenvalue weighted by atomic mass is 10.2. The number of thioether (sulfide) groups is 1. The van der Waals surface area contributed by atoms with Crippen LogP contribution in [0.5, 0.6) is 0 Å². The fourth-order valence-corrected chi connectivity index (χ4v) is 3.96. The Labute approximate surface area is 153 Å². The van der Waals surface area contributed by atoms with Crippen LogP contribution >= 0.6 is 11.8 Å². The van der Waals surface area contributed by atoms with Gasteiger partial charge >= 0.3 is 18.2 Å². The number of carbonyl (C=O) groups is 2. The predicted molar refractivity (Wildman–Crippen MR) is 90.1 cm³/mol. The molecule has 1 heterocycles. The Kier molecular flexibility index (Phi) is 5.79. The molecule has 0 aliphatic carbocycles. The lowest BCUT2D eigenvalue weighted by Gasteiger charge is -2.26. The predicted octanol–water partition coefficient (Wildman–Crippen LogP) is 4.26. The summed E-state index contributed by atoms with van der Waals surface area (Å²) in [7, 11) is 0. The van der Waals surface area contributed by atoms with E-state index in [0.717, 1.165) is 22.7 Å². The number of hydrogen-bond acceptors (Lipinski definition) is 4. The summed E-state index contributed by atoms with van der Waals surface area (Å²) in [5.41, 5.74) is -1.57. The second kappa shape index (κ2) is 7.38. The molecule has 2 atom stereocenters. The molecule has 1 amide bonds. The third-order valence-corrected chi connectivity index (χ3v) is 4.95. The molecule has 0 bridgehead atoms. The van der Waals surface area contributed by atoms with Crippen molar-refractivity contribution in [2.45, 2.75) is 55.2 Å². The number of hydrogen-bond donors (Lipinski definition) is 1. The van der Waals surface area contributed by atoms with E-state index in [2.05, 4.69) is 0 Å². The minimum atomic E-state index is -4.50. The van der Waals surface area contributed by atoms with Crippen molar-refractivity contribution in [2.24, 2.45) is 0 Å². The second-order valence-corrected chi connectivity index (χ2v) is 8.30. The second-order valence-electron chi connectivity index (χ2n) is 6.96. The monoisotopic (exact) mass is 391 g/mol. The first-order chi connectivity index (χ1) is 11.9. The van der Waals surface area contributed by atoms with E-state index in [1.54, 1.807) is 20.8 Å². The Morgan fingerprint density at radius 3 is 2.38 bits per heavy atom. The quantitative estimate of drug-likeness (QED) is 0.834. The largest absolute Gasteiger partial charge is 0.480 e. The highest BCUT2D eigenvalue weighted by Crippen LogP contribution is 2.41. The first-order valence-corrected chi connectivity index (χ1v) is 8.82. The van der Waals surface area contributed by atoms with Crippen LogP contribution in [0, 0.1) is 0 Å². The van der Waals surface area contributed by atoms with Gasteiger partial charge in [-0.1, -0.05) is 12.1 Å². The van der Waals surface area contributed by atoms with Crippen LogP contribution in [0.1, 0.15) is 32.8 Å². The Hall–Kier alpha value is -1.90. The molecular formula is C17H20F3NO4S. The fraction of sp³-hybridized carbons (Fsp3) is 0.529. The number of carboxylic acid groups (broad SMARTS) is 1. The minimum Gasteiger partial charge on any atom is -0.480 e. The van der Waals surface area contributed by atoms with Crippen LogP contribution in [0.4, 0.5) is 18.0 Å². The van der Waals surface area contributed by atoms with E-state index < -0.39 is 40.7 Å². The molecule has 5 nitrogen and oxygen atoms in total. The SMILES string of the molecule is CC(C)(C)OC(=O)N1C[C@H](Sc2ccccc2C(F)(F)F)C[C@H]1C(=O)O. The van der Waals surface area contributed by atoms with Crippen LogP contribution in [0.25, 0.3) is 0 Å². The van der Waals surface area contributed by atoms with Gasteiger partial charge in [-0.2, -0.15) is 13.2 Å². The van der Waals surface area contributed by atoms with Gasteiger partial charge in [-0.3, -0.25) is 4.90 Å². The number of halogens is 3. The highest BCUT2D eigenvalue weighted by Gasteiger charge is 2.43. The Morgan fingerprint density at radius 1 is 1.23 bits per heavy atom. The normalized spacial score (nSPS) is 20.9. The fourth-order valence-electron chi connectivity index (χ4n) is 2.62. The van der Waals surface area contributed by atoms with E-state index in [1.165, 1.54) is 18.2 Å². The molecule has 1 N–H and O–H groups in total. The van der Waals surface area contributed by atoms with Crippen LogP contribution in [0.15, 0.2) is 29.2 Å². The van der Waals surface area contributed by atoms with Crippen molar-refractivity contribution in [3.63, 3.8) is 0 Å². The number of rotatable bonds is 3. The molecule has 144 valence electrons. The Bertz CT molecular complexity index is 687. The third kappa shape index (κ3) is 5.06. The van der Waals surface area contributed by atoms with Crippen LogP contribution in [0.2, 0.25) is 0 Å². The summed E-state index contributed by atoms with van der Waals surface area (Å²) in [5.74, 6) is -1.21. The molecule has 26 heavy (non-hydrogen) atoms. The Morgan fingerprint density at radius 2 is 1.85 bits per heavy atom. The number of ether oxygens (including phenoxy) is 1. The molecule has 2 rings (SSSR count). The first kappa shape index (κ1) is 20.4. The highest BCUT2D eigenvalue weighted by atomic mass is 32.2. The number of carbonyl (C=O) groups excluding carboxylic acids is 1. The van der Waals surface area contributed by atoms with Crippen molar-refractivity contribution < 1.29 is 32.6 Å². The van der Waals surface area contributed by atoms with E-state index in [9.17, 15) is 27.9 Å². The van der Waals surface area contributed by atoms with Gasteiger partial charge < -0.3 is 9.84 Å². The van der Waals surface area contributed by atoms with Crippen LogP contribution in [-0.4, -0.2) is 45.5 Å². The maximum Gasteiger partial charge on any atom is 0.417 e. The summed E-state index contributed by atoms with van der Waals surface area (Å²) in [6.45, 7) is 4.97. The molecule has 1 aliphatic heterocycles. The summed E-state index contributed by atoms with van der Waals surface area (Å²) >= 11 is 0.932. The van der Waals surface area contributed by atoms with Crippen molar-refractivity contribution in [1.82, 2.24) is 4.90 Å². The van der Waals surface area contributed by atoms with Crippen molar-refractivity contribution in [1.29, 1.82) is 0 Å². The van der Waals surface area contributed by atoms with E-state index in [-0.39, 0.29) is 17.9 Å². The molecule has 1 aromatic rings. The van der Waals surface area contributed by atoms with Gasteiger partial charge in [0.2, 0.25) is 0 Å². The molecule has 0 unspecified atom stereocenters. The molecule has 9 heteroatoms. The summed E-state index contributed by atoms with van der Waals surface area (Å²) in [4.78, 5) is 24.8. The maximum absolute atomic E-state index is 13.1.